The van der Waals surface area contributed by atoms with Gasteiger partial charge in [-0.05, 0) is 31.0 Å². The summed E-state index contributed by atoms with van der Waals surface area (Å²) in [6.45, 7) is 0. The molecule has 1 aromatic rings. The van der Waals surface area contributed by atoms with E-state index in [1.54, 1.807) is 13.2 Å². The number of halogens is 1. The summed E-state index contributed by atoms with van der Waals surface area (Å²) < 4.78 is 43.0. The second kappa shape index (κ2) is 5.34. The van der Waals surface area contributed by atoms with E-state index in [1.165, 1.54) is 12.1 Å². The number of methoxy groups -OCH3 is 1. The van der Waals surface area contributed by atoms with Crippen molar-refractivity contribution in [3.63, 3.8) is 0 Å². The highest BCUT2D eigenvalue weighted by Crippen LogP contribution is 2.28. The summed E-state index contributed by atoms with van der Waals surface area (Å²) >= 11 is 0. The highest BCUT2D eigenvalue weighted by Gasteiger charge is 2.28. The van der Waals surface area contributed by atoms with Crippen LogP contribution in [0.3, 0.4) is 0 Å². The Kier molecular flexibility index (Phi) is 3.96. The first-order chi connectivity index (χ1) is 8.87. The quantitative estimate of drug-likeness (QED) is 0.867. The molecule has 1 aliphatic carbocycles. The summed E-state index contributed by atoms with van der Waals surface area (Å²) in [5.41, 5.74) is 0.641. The van der Waals surface area contributed by atoms with Crippen molar-refractivity contribution >= 4 is 21.4 Å². The molecule has 2 rings (SSSR count). The van der Waals surface area contributed by atoms with Crippen molar-refractivity contribution in [1.82, 2.24) is 0 Å². The highest BCUT2D eigenvalue weighted by atomic mass is 32.2. The van der Waals surface area contributed by atoms with Gasteiger partial charge in [-0.1, -0.05) is 0 Å². The van der Waals surface area contributed by atoms with Gasteiger partial charge in [-0.2, -0.15) is 0 Å². The number of rotatable bonds is 5. The summed E-state index contributed by atoms with van der Waals surface area (Å²) in [5, 5.41) is 3.21. The molecule has 0 aromatic heterocycles. The average Bonchev–Trinajstić information content (AvgIpc) is 2.25. The smallest absolute Gasteiger partial charge is 0.229 e. The third-order valence-electron chi connectivity index (χ3n) is 3.06. The molecular weight excluding hydrogens is 271 g/mol. The van der Waals surface area contributed by atoms with E-state index in [0.29, 0.717) is 5.69 Å². The molecule has 0 spiro atoms. The maximum Gasteiger partial charge on any atom is 0.229 e. The lowest BCUT2D eigenvalue weighted by Crippen LogP contribution is -2.40. The van der Waals surface area contributed by atoms with Crippen LogP contribution in [0.15, 0.2) is 18.2 Å². The Balaban J connectivity index is 2.04. The van der Waals surface area contributed by atoms with Gasteiger partial charge in [0.05, 0.1) is 18.0 Å². The molecule has 0 radical (unpaired) electrons. The van der Waals surface area contributed by atoms with Crippen LogP contribution in [0.5, 0.6) is 0 Å². The zero-order valence-corrected chi connectivity index (χ0v) is 11.6. The molecule has 0 saturated heterocycles. The van der Waals surface area contributed by atoms with Crippen LogP contribution in [0.1, 0.15) is 12.8 Å². The predicted octanol–water partition coefficient (Wildman–Crippen LogP) is 1.79. The summed E-state index contributed by atoms with van der Waals surface area (Å²) in [4.78, 5) is 0. The van der Waals surface area contributed by atoms with E-state index < -0.39 is 15.8 Å². The molecule has 0 atom stereocenters. The van der Waals surface area contributed by atoms with Gasteiger partial charge in [0.25, 0.3) is 0 Å². The molecular formula is C12H17FN2O3S. The van der Waals surface area contributed by atoms with Crippen molar-refractivity contribution in [1.29, 1.82) is 0 Å². The Hall–Kier alpha value is -1.34. The minimum atomic E-state index is -3.49. The van der Waals surface area contributed by atoms with E-state index in [4.69, 9.17) is 4.74 Å². The maximum atomic E-state index is 13.5. The maximum absolute atomic E-state index is 13.5. The van der Waals surface area contributed by atoms with Crippen LogP contribution < -0.4 is 10.0 Å². The fourth-order valence-electron chi connectivity index (χ4n) is 2.00. The molecule has 19 heavy (non-hydrogen) atoms. The Morgan fingerprint density at radius 1 is 1.37 bits per heavy atom. The van der Waals surface area contributed by atoms with E-state index in [1.807, 2.05) is 0 Å². The Bertz CT molecular complexity index is 556. The lowest BCUT2D eigenvalue weighted by Gasteiger charge is -2.35. The number of hydrogen-bond donors (Lipinski definition) is 2. The van der Waals surface area contributed by atoms with Gasteiger partial charge in [-0.3, -0.25) is 4.72 Å². The minimum Gasteiger partial charge on any atom is -0.382 e. The lowest BCUT2D eigenvalue weighted by atomic mass is 9.89. The normalized spacial score (nSPS) is 22.7. The van der Waals surface area contributed by atoms with Crippen molar-refractivity contribution < 1.29 is 17.5 Å². The molecule has 1 saturated carbocycles. The number of ether oxygens (including phenoxy) is 1. The standard InChI is InChI=1S/C12H17FN2O3S/c1-18-10-5-9(6-10)14-8-3-4-11(13)12(7-8)15-19(2,16)17/h3-4,7,9-10,14-15H,5-6H2,1-2H3. The predicted molar refractivity (Wildman–Crippen MR) is 72.3 cm³/mol. The van der Waals surface area contributed by atoms with Crippen LogP contribution in [-0.4, -0.2) is 33.9 Å². The summed E-state index contributed by atoms with van der Waals surface area (Å²) in [7, 11) is -1.81. The molecule has 2 N–H and O–H groups in total. The Labute approximate surface area is 112 Å². The summed E-state index contributed by atoms with van der Waals surface area (Å²) in [6.07, 6.45) is 3.04. The molecule has 7 heteroatoms. The van der Waals surface area contributed by atoms with Gasteiger partial charge < -0.3 is 10.1 Å². The molecule has 5 nitrogen and oxygen atoms in total. The van der Waals surface area contributed by atoms with Gasteiger partial charge in [0, 0.05) is 18.8 Å². The molecule has 0 aliphatic heterocycles. The fourth-order valence-corrected chi connectivity index (χ4v) is 2.56. The monoisotopic (exact) mass is 288 g/mol. The molecule has 1 fully saturated rings. The van der Waals surface area contributed by atoms with Crippen LogP contribution in [0.2, 0.25) is 0 Å². The second-order valence-electron chi connectivity index (χ2n) is 4.74. The topological polar surface area (TPSA) is 67.4 Å². The van der Waals surface area contributed by atoms with E-state index in [2.05, 4.69) is 10.0 Å². The van der Waals surface area contributed by atoms with Crippen molar-refractivity contribution in [2.24, 2.45) is 0 Å². The van der Waals surface area contributed by atoms with E-state index >= 15 is 0 Å². The average molecular weight is 288 g/mol. The van der Waals surface area contributed by atoms with Crippen LogP contribution in [0.25, 0.3) is 0 Å². The molecule has 0 bridgehead atoms. The van der Waals surface area contributed by atoms with Gasteiger partial charge in [0.1, 0.15) is 5.82 Å². The van der Waals surface area contributed by atoms with Crippen molar-refractivity contribution in [3.05, 3.63) is 24.0 Å². The van der Waals surface area contributed by atoms with E-state index in [0.717, 1.165) is 19.1 Å². The molecule has 0 amide bonds. The fraction of sp³-hybridized carbons (Fsp3) is 0.500. The molecule has 1 aliphatic rings. The zero-order valence-electron chi connectivity index (χ0n) is 10.8. The van der Waals surface area contributed by atoms with Crippen molar-refractivity contribution in [3.8, 4) is 0 Å². The largest absolute Gasteiger partial charge is 0.382 e. The lowest BCUT2D eigenvalue weighted by molar-refractivity contribution is 0.0329. The summed E-state index contributed by atoms with van der Waals surface area (Å²) in [5.74, 6) is -0.598. The highest BCUT2D eigenvalue weighted by molar-refractivity contribution is 7.92. The number of anilines is 2. The van der Waals surface area contributed by atoms with E-state index in [-0.39, 0.29) is 17.8 Å². The van der Waals surface area contributed by atoms with Crippen molar-refractivity contribution in [2.75, 3.05) is 23.4 Å². The molecule has 106 valence electrons. The van der Waals surface area contributed by atoms with Crippen LogP contribution in [0, 0.1) is 5.82 Å². The number of nitrogens with one attached hydrogen (secondary N) is 2. The van der Waals surface area contributed by atoms with Crippen LogP contribution in [0.4, 0.5) is 15.8 Å². The first kappa shape index (κ1) is 14.1. The van der Waals surface area contributed by atoms with Gasteiger partial charge in [-0.25, -0.2) is 12.8 Å². The Morgan fingerprint density at radius 2 is 2.05 bits per heavy atom. The number of hydrogen-bond acceptors (Lipinski definition) is 4. The molecule has 0 heterocycles. The van der Waals surface area contributed by atoms with E-state index in [9.17, 15) is 12.8 Å². The summed E-state index contributed by atoms with van der Waals surface area (Å²) in [6, 6.07) is 4.56. The Morgan fingerprint density at radius 3 is 2.63 bits per heavy atom. The van der Waals surface area contributed by atoms with Crippen LogP contribution >= 0.6 is 0 Å². The minimum absolute atomic E-state index is 0.0462. The van der Waals surface area contributed by atoms with Crippen molar-refractivity contribution in [2.45, 2.75) is 25.0 Å². The SMILES string of the molecule is COC1CC(Nc2ccc(F)c(NS(C)(=O)=O)c2)C1. The van der Waals surface area contributed by atoms with Crippen LogP contribution in [-0.2, 0) is 14.8 Å². The second-order valence-corrected chi connectivity index (χ2v) is 6.49. The van der Waals surface area contributed by atoms with Gasteiger partial charge in [0.2, 0.25) is 10.0 Å². The molecule has 1 aromatic carbocycles. The van der Waals surface area contributed by atoms with Gasteiger partial charge in [-0.15, -0.1) is 0 Å². The molecule has 0 unspecified atom stereocenters. The van der Waals surface area contributed by atoms with Gasteiger partial charge >= 0.3 is 0 Å². The number of sulfonamides is 1. The first-order valence-electron chi connectivity index (χ1n) is 5.94. The third-order valence-corrected chi connectivity index (χ3v) is 3.65. The first-order valence-corrected chi connectivity index (χ1v) is 7.83. The zero-order chi connectivity index (χ0) is 14.0. The van der Waals surface area contributed by atoms with Gasteiger partial charge in [0.15, 0.2) is 0 Å². The third kappa shape index (κ3) is 3.81. The number of benzene rings is 1.